The Kier molecular flexibility index (Phi) is 9.39. The molecule has 3 heterocycles. The quantitative estimate of drug-likeness (QED) is 0.139. The van der Waals surface area contributed by atoms with Gasteiger partial charge in [0, 0.05) is 0 Å². The maximum atomic E-state index is 10.7. The van der Waals surface area contributed by atoms with Gasteiger partial charge in [-0.15, -0.1) is 0 Å². The molecule has 17 nitrogen and oxygen atoms in total. The van der Waals surface area contributed by atoms with Crippen molar-refractivity contribution >= 4 is 0 Å². The molecule has 0 aliphatic carbocycles. The largest absolute Gasteiger partial charge is 0.394 e. The zero-order valence-corrected chi connectivity index (χ0v) is 18.2. The van der Waals surface area contributed by atoms with Gasteiger partial charge < -0.3 is 79.9 Å². The molecule has 3 aliphatic heterocycles. The number of ether oxygens (including phenoxy) is 5. The molecule has 0 aromatic carbocycles. The van der Waals surface area contributed by atoms with Gasteiger partial charge in [0.15, 0.2) is 18.7 Å². The van der Waals surface area contributed by atoms with Gasteiger partial charge in [0.25, 0.3) is 5.91 Å². The molecule has 0 aromatic rings. The minimum Gasteiger partial charge on any atom is -0.394 e. The van der Waals surface area contributed by atoms with Crippen LogP contribution in [0, 0.1) is 0 Å². The van der Waals surface area contributed by atoms with E-state index in [4.69, 9.17) is 29.4 Å². The van der Waals surface area contributed by atoms with Crippen LogP contribution in [0.5, 0.6) is 0 Å². The molecule has 0 radical (unpaired) electrons. The van der Waals surface area contributed by atoms with Gasteiger partial charge in [0.2, 0.25) is 0 Å². The lowest BCUT2D eigenvalue weighted by Gasteiger charge is -2.50. The lowest BCUT2D eigenvalue weighted by Crippen LogP contribution is -2.73. The van der Waals surface area contributed by atoms with Gasteiger partial charge in [-0.1, -0.05) is 0 Å². The van der Waals surface area contributed by atoms with Gasteiger partial charge in [0.05, 0.1) is 19.8 Å². The number of hydrogen-bond acceptors (Lipinski definition) is 17. The van der Waals surface area contributed by atoms with E-state index in [2.05, 4.69) is 0 Å². The third kappa shape index (κ3) is 5.47. The van der Waals surface area contributed by atoms with Gasteiger partial charge in [0.1, 0.15) is 67.1 Å². The van der Waals surface area contributed by atoms with E-state index in [0.717, 1.165) is 0 Å². The SMILES string of the molecule is NC1(O[C@H]2[C@H](O)[C@@H](O)C(O[C@H]3[C@H](O)[C@@H](O)[C@@H](O)O[C@@H]3CO)O[C@@H]2CO)O[C@H](CO)[C@@H](O)[C@H](O)[C@H]1O. The summed E-state index contributed by atoms with van der Waals surface area (Å²) in [4.78, 5) is 0. The van der Waals surface area contributed by atoms with Gasteiger partial charge in [-0.3, -0.25) is 5.73 Å². The smallest absolute Gasteiger partial charge is 0.255 e. The molecular weight excluding hydrogens is 486 g/mol. The van der Waals surface area contributed by atoms with Crippen LogP contribution >= 0.6 is 0 Å². The van der Waals surface area contributed by atoms with Crippen molar-refractivity contribution in [1.82, 2.24) is 0 Å². The Bertz CT molecular complexity index is 685. The highest BCUT2D eigenvalue weighted by atomic mass is 16.8. The Balaban J connectivity index is 1.76. The molecule has 3 saturated heterocycles. The van der Waals surface area contributed by atoms with Crippen molar-refractivity contribution in [2.45, 2.75) is 91.7 Å². The molecule has 3 aliphatic rings. The fourth-order valence-electron chi connectivity index (χ4n) is 4.18. The summed E-state index contributed by atoms with van der Waals surface area (Å²) in [5.74, 6) is -2.64. The van der Waals surface area contributed by atoms with E-state index in [9.17, 15) is 56.2 Å². The molecular formula is C18H33NO16. The van der Waals surface area contributed by atoms with Crippen molar-refractivity contribution < 1.29 is 79.9 Å². The third-order valence-electron chi connectivity index (χ3n) is 6.25. The fraction of sp³-hybridized carbons (Fsp3) is 1.00. The Morgan fingerprint density at radius 1 is 0.629 bits per heavy atom. The average molecular weight is 519 g/mol. The average Bonchev–Trinajstić information content (AvgIpc) is 2.84. The maximum absolute atomic E-state index is 10.7. The molecule has 0 saturated carbocycles. The number of aliphatic hydroxyl groups is 11. The number of aliphatic hydroxyl groups excluding tert-OH is 11. The van der Waals surface area contributed by atoms with Gasteiger partial charge in [-0.05, 0) is 0 Å². The number of rotatable bonds is 7. The van der Waals surface area contributed by atoms with Crippen LogP contribution in [0.15, 0.2) is 0 Å². The summed E-state index contributed by atoms with van der Waals surface area (Å²) in [7, 11) is 0. The fourth-order valence-corrected chi connectivity index (χ4v) is 4.18. The van der Waals surface area contributed by atoms with Crippen molar-refractivity contribution in [3.05, 3.63) is 0 Å². The topological polar surface area (TPSA) is 295 Å². The number of nitrogens with two attached hydrogens (primary N) is 1. The second kappa shape index (κ2) is 11.4. The van der Waals surface area contributed by atoms with Crippen LogP contribution in [0.2, 0.25) is 0 Å². The summed E-state index contributed by atoms with van der Waals surface area (Å²) in [5.41, 5.74) is 5.88. The van der Waals surface area contributed by atoms with Crippen LogP contribution in [0.4, 0.5) is 0 Å². The Morgan fingerprint density at radius 3 is 1.74 bits per heavy atom. The van der Waals surface area contributed by atoms with Crippen LogP contribution in [0.1, 0.15) is 0 Å². The lowest BCUT2D eigenvalue weighted by molar-refractivity contribution is -0.408. The first-order chi connectivity index (χ1) is 16.4. The number of hydrogen-bond donors (Lipinski definition) is 12. The van der Waals surface area contributed by atoms with Crippen molar-refractivity contribution in [3.8, 4) is 0 Å². The van der Waals surface area contributed by atoms with E-state index >= 15 is 0 Å². The van der Waals surface area contributed by atoms with E-state index in [1.807, 2.05) is 0 Å². The second-order valence-electron chi connectivity index (χ2n) is 8.61. The van der Waals surface area contributed by atoms with Crippen LogP contribution in [0.25, 0.3) is 0 Å². The molecule has 35 heavy (non-hydrogen) atoms. The van der Waals surface area contributed by atoms with Crippen molar-refractivity contribution in [1.29, 1.82) is 0 Å². The summed E-state index contributed by atoms with van der Waals surface area (Å²) in [6, 6.07) is 0. The van der Waals surface area contributed by atoms with Crippen molar-refractivity contribution in [2.24, 2.45) is 5.73 Å². The van der Waals surface area contributed by atoms with Crippen LogP contribution < -0.4 is 5.73 Å². The standard InChI is InChI=1S/C18H33NO16/c19-18(15(29)10(26)7(23)4(1-20)34-18)35-14-6(3-22)32-17(12(28)9(14)25)33-13-5(2-21)31-16(30)11(27)8(13)24/h4-17,20-30H,1-3,19H2/t4-,5-,6-,7-,8-,9-,10+,11-,12-,13-,14-,15-,16+,17?,18?/m1/s1. The molecule has 3 fully saturated rings. The molecule has 0 amide bonds. The molecule has 0 aromatic heterocycles. The minimum absolute atomic E-state index is 0.781. The highest BCUT2D eigenvalue weighted by molar-refractivity contribution is 4.98. The van der Waals surface area contributed by atoms with Crippen molar-refractivity contribution in [3.63, 3.8) is 0 Å². The normalized spacial score (nSPS) is 53.5. The monoisotopic (exact) mass is 519 g/mol. The maximum Gasteiger partial charge on any atom is 0.255 e. The summed E-state index contributed by atoms with van der Waals surface area (Å²) in [6.07, 6.45) is -24.7. The minimum atomic E-state index is -2.64. The summed E-state index contributed by atoms with van der Waals surface area (Å²) < 4.78 is 26.3. The molecule has 17 heteroatoms. The van der Waals surface area contributed by atoms with E-state index in [1.165, 1.54) is 0 Å². The first-order valence-electron chi connectivity index (χ1n) is 10.8. The Morgan fingerprint density at radius 2 is 1.17 bits per heavy atom. The van der Waals surface area contributed by atoms with Crippen molar-refractivity contribution in [2.75, 3.05) is 19.8 Å². The first kappa shape index (κ1) is 28.9. The first-order valence-corrected chi connectivity index (χ1v) is 10.8. The van der Waals surface area contributed by atoms with E-state index < -0.39 is 112 Å². The van der Waals surface area contributed by atoms with Crippen LogP contribution in [0.3, 0.4) is 0 Å². The predicted octanol–water partition coefficient (Wildman–Crippen LogP) is -8.29. The molecule has 0 spiro atoms. The third-order valence-corrected chi connectivity index (χ3v) is 6.25. The Labute approximate surface area is 198 Å². The molecule has 13 N–H and O–H groups in total. The van der Waals surface area contributed by atoms with E-state index in [0.29, 0.717) is 0 Å². The summed E-state index contributed by atoms with van der Waals surface area (Å²) >= 11 is 0. The summed E-state index contributed by atoms with van der Waals surface area (Å²) in [6.45, 7) is -2.50. The highest BCUT2D eigenvalue weighted by Crippen LogP contribution is 2.34. The zero-order valence-electron chi connectivity index (χ0n) is 18.2. The second-order valence-corrected chi connectivity index (χ2v) is 8.61. The molecule has 3 rings (SSSR count). The molecule has 206 valence electrons. The predicted molar refractivity (Wildman–Crippen MR) is 104 cm³/mol. The van der Waals surface area contributed by atoms with E-state index in [1.54, 1.807) is 0 Å². The lowest BCUT2D eigenvalue weighted by atomic mass is 9.95. The zero-order chi connectivity index (χ0) is 26.2. The highest BCUT2D eigenvalue weighted by Gasteiger charge is 2.57. The Hall–Kier alpha value is -0.680. The van der Waals surface area contributed by atoms with Crippen LogP contribution in [-0.2, 0) is 23.7 Å². The summed E-state index contributed by atoms with van der Waals surface area (Å²) in [5, 5.41) is 110. The molecule has 0 bridgehead atoms. The van der Waals surface area contributed by atoms with Gasteiger partial charge in [-0.25, -0.2) is 0 Å². The molecule has 2 unspecified atom stereocenters. The van der Waals surface area contributed by atoms with Crippen LogP contribution in [-0.4, -0.2) is 168 Å². The van der Waals surface area contributed by atoms with E-state index in [-0.39, 0.29) is 0 Å². The van der Waals surface area contributed by atoms with Gasteiger partial charge in [-0.2, -0.15) is 0 Å². The molecule has 15 atom stereocenters. The van der Waals surface area contributed by atoms with Gasteiger partial charge >= 0.3 is 0 Å².